The molecular weight excluding hydrogens is 359 g/mol. The van der Waals surface area contributed by atoms with Crippen molar-refractivity contribution in [3.05, 3.63) is 56.9 Å². The van der Waals surface area contributed by atoms with E-state index in [2.05, 4.69) is 4.99 Å². The first-order valence-corrected chi connectivity index (χ1v) is 8.14. The molecule has 1 aromatic heterocycles. The van der Waals surface area contributed by atoms with E-state index in [0.29, 0.717) is 0 Å². The average molecular weight is 377 g/mol. The predicted octanol–water partition coefficient (Wildman–Crippen LogP) is 4.16. The van der Waals surface area contributed by atoms with Crippen LogP contribution >= 0.6 is 0 Å². The van der Waals surface area contributed by atoms with Gasteiger partial charge in [-0.25, -0.2) is 0 Å². The third kappa shape index (κ3) is 4.19. The van der Waals surface area contributed by atoms with Crippen LogP contribution in [0.1, 0.15) is 36.1 Å². The molecule has 0 unspecified atom stereocenters. The summed E-state index contributed by atoms with van der Waals surface area (Å²) >= 11 is 0. The molecule has 0 aliphatic heterocycles. The Kier molecular flexibility index (Phi) is 5.74. The molecule has 1 heterocycles. The second-order valence-corrected chi connectivity index (χ2v) is 6.43. The molecular formula is C19H18F3N3O2. The van der Waals surface area contributed by atoms with Crippen LogP contribution in [-0.2, 0) is 12.7 Å². The quantitative estimate of drug-likeness (QED) is 0.813. The van der Waals surface area contributed by atoms with Crippen LogP contribution in [0.3, 0.4) is 0 Å². The zero-order valence-electron chi connectivity index (χ0n) is 15.0. The van der Waals surface area contributed by atoms with Crippen LogP contribution in [0.15, 0.2) is 34.1 Å². The number of benzene rings is 1. The van der Waals surface area contributed by atoms with E-state index in [1.165, 1.54) is 25.1 Å². The van der Waals surface area contributed by atoms with Crippen molar-refractivity contribution in [1.82, 2.24) is 4.57 Å². The molecule has 0 spiro atoms. The van der Waals surface area contributed by atoms with Gasteiger partial charge in [-0.15, -0.1) is 0 Å². The highest BCUT2D eigenvalue weighted by atomic mass is 19.4. The van der Waals surface area contributed by atoms with E-state index >= 15 is 0 Å². The van der Waals surface area contributed by atoms with Crippen LogP contribution in [0, 0.1) is 24.2 Å². The van der Waals surface area contributed by atoms with Gasteiger partial charge >= 0.3 is 6.18 Å². The molecule has 0 saturated heterocycles. The predicted molar refractivity (Wildman–Crippen MR) is 95.4 cm³/mol. The Bertz CT molecular complexity index is 983. The van der Waals surface area contributed by atoms with Gasteiger partial charge in [0.1, 0.15) is 11.6 Å². The van der Waals surface area contributed by atoms with Gasteiger partial charge in [0.15, 0.2) is 0 Å². The van der Waals surface area contributed by atoms with Crippen LogP contribution in [0.25, 0.3) is 0 Å². The van der Waals surface area contributed by atoms with Crippen molar-refractivity contribution in [3.8, 4) is 11.9 Å². The molecule has 5 nitrogen and oxygen atoms in total. The molecule has 2 aromatic rings. The standard InChI is InChI=1S/C19H18F3N3O2/c1-11(2)10-25-17(26)13(8-23)12(3)14(18(25)27)9-24-16-7-5-4-6-15(16)19(20,21)22/h4-7,9,11,27H,10H2,1-3H3. The van der Waals surface area contributed by atoms with E-state index in [0.717, 1.165) is 16.8 Å². The number of nitriles is 1. The Morgan fingerprint density at radius 1 is 1.33 bits per heavy atom. The van der Waals surface area contributed by atoms with Crippen LogP contribution in [0.2, 0.25) is 0 Å². The molecule has 0 atom stereocenters. The number of alkyl halides is 3. The van der Waals surface area contributed by atoms with Gasteiger partial charge in [-0.3, -0.25) is 14.4 Å². The molecule has 0 saturated carbocycles. The smallest absolute Gasteiger partial charge is 0.418 e. The van der Waals surface area contributed by atoms with Gasteiger partial charge in [0.05, 0.1) is 16.8 Å². The van der Waals surface area contributed by atoms with Crippen LogP contribution in [0.4, 0.5) is 18.9 Å². The van der Waals surface area contributed by atoms with Gasteiger partial charge in [-0.05, 0) is 30.5 Å². The lowest BCUT2D eigenvalue weighted by Gasteiger charge is -2.15. The summed E-state index contributed by atoms with van der Waals surface area (Å²) in [5.74, 6) is -0.433. The molecule has 27 heavy (non-hydrogen) atoms. The summed E-state index contributed by atoms with van der Waals surface area (Å²) in [4.78, 5) is 16.2. The highest BCUT2D eigenvalue weighted by molar-refractivity contribution is 5.87. The number of hydrogen-bond donors (Lipinski definition) is 1. The molecule has 0 amide bonds. The minimum Gasteiger partial charge on any atom is -0.494 e. The number of rotatable bonds is 4. The topological polar surface area (TPSA) is 78.4 Å². The largest absolute Gasteiger partial charge is 0.494 e. The van der Waals surface area contributed by atoms with Crippen LogP contribution < -0.4 is 5.56 Å². The van der Waals surface area contributed by atoms with Crippen molar-refractivity contribution in [2.24, 2.45) is 10.9 Å². The van der Waals surface area contributed by atoms with Gasteiger partial charge in [0.2, 0.25) is 5.88 Å². The van der Waals surface area contributed by atoms with Gasteiger partial charge in [0.25, 0.3) is 5.56 Å². The fourth-order valence-electron chi connectivity index (χ4n) is 2.62. The zero-order chi connectivity index (χ0) is 20.4. The van der Waals surface area contributed by atoms with Crippen molar-refractivity contribution >= 4 is 11.9 Å². The summed E-state index contributed by atoms with van der Waals surface area (Å²) in [5, 5.41) is 19.7. The number of halogens is 3. The second-order valence-electron chi connectivity index (χ2n) is 6.43. The number of pyridine rings is 1. The van der Waals surface area contributed by atoms with Crippen LogP contribution in [-0.4, -0.2) is 15.9 Å². The fraction of sp³-hybridized carbons (Fsp3) is 0.316. The average Bonchev–Trinajstić information content (AvgIpc) is 2.58. The number of nitrogens with zero attached hydrogens (tertiary/aromatic N) is 3. The maximum absolute atomic E-state index is 13.1. The second kappa shape index (κ2) is 7.66. The minimum absolute atomic E-state index is 0.00130. The first-order chi connectivity index (χ1) is 12.6. The van der Waals surface area contributed by atoms with E-state index in [1.807, 2.05) is 13.8 Å². The fourth-order valence-corrected chi connectivity index (χ4v) is 2.62. The molecule has 8 heteroatoms. The van der Waals surface area contributed by atoms with Gasteiger partial charge in [-0.2, -0.15) is 18.4 Å². The molecule has 0 aliphatic rings. The molecule has 1 N–H and O–H groups in total. The summed E-state index contributed by atoms with van der Waals surface area (Å²) in [6.45, 7) is 5.24. The van der Waals surface area contributed by atoms with E-state index in [9.17, 15) is 28.3 Å². The van der Waals surface area contributed by atoms with Crippen molar-refractivity contribution in [3.63, 3.8) is 0 Å². The summed E-state index contributed by atoms with van der Waals surface area (Å²) in [6.07, 6.45) is -3.54. The Morgan fingerprint density at radius 3 is 2.52 bits per heavy atom. The molecule has 2 rings (SSSR count). The maximum atomic E-state index is 13.1. The SMILES string of the molecule is Cc1c(C=Nc2ccccc2C(F)(F)F)c(O)n(CC(C)C)c(=O)c1C#N. The number of aliphatic imine (C=N–C) groups is 1. The highest BCUT2D eigenvalue weighted by Gasteiger charge is 2.33. The van der Waals surface area contributed by atoms with E-state index < -0.39 is 23.2 Å². The van der Waals surface area contributed by atoms with Crippen molar-refractivity contribution in [2.75, 3.05) is 0 Å². The first kappa shape index (κ1) is 20.2. The van der Waals surface area contributed by atoms with Gasteiger partial charge in [-0.1, -0.05) is 26.0 Å². The lowest BCUT2D eigenvalue weighted by atomic mass is 10.1. The number of hydrogen-bond acceptors (Lipinski definition) is 4. The molecule has 0 radical (unpaired) electrons. The molecule has 142 valence electrons. The van der Waals surface area contributed by atoms with Crippen LogP contribution in [0.5, 0.6) is 5.88 Å². The number of para-hydroxylation sites is 1. The van der Waals surface area contributed by atoms with Crippen molar-refractivity contribution in [1.29, 1.82) is 5.26 Å². The highest BCUT2D eigenvalue weighted by Crippen LogP contribution is 2.36. The third-order valence-electron chi connectivity index (χ3n) is 3.94. The summed E-state index contributed by atoms with van der Waals surface area (Å²) in [6, 6.07) is 6.55. The zero-order valence-corrected chi connectivity index (χ0v) is 15.0. The summed E-state index contributed by atoms with van der Waals surface area (Å²) in [5.41, 5.74) is -1.89. The van der Waals surface area contributed by atoms with E-state index in [4.69, 9.17) is 0 Å². The van der Waals surface area contributed by atoms with E-state index in [-0.39, 0.29) is 34.8 Å². The monoisotopic (exact) mass is 377 g/mol. The van der Waals surface area contributed by atoms with Gasteiger partial charge in [0, 0.05) is 12.8 Å². The van der Waals surface area contributed by atoms with Crippen molar-refractivity contribution < 1.29 is 18.3 Å². The molecule has 0 aliphatic carbocycles. The molecule has 0 fully saturated rings. The number of aromatic hydroxyl groups is 1. The maximum Gasteiger partial charge on any atom is 0.418 e. The Hall–Kier alpha value is -3.08. The Morgan fingerprint density at radius 2 is 1.96 bits per heavy atom. The molecule has 1 aromatic carbocycles. The van der Waals surface area contributed by atoms with E-state index in [1.54, 1.807) is 6.07 Å². The first-order valence-electron chi connectivity index (χ1n) is 8.14. The summed E-state index contributed by atoms with van der Waals surface area (Å²) < 4.78 is 40.3. The normalized spacial score (nSPS) is 11.9. The number of aromatic nitrogens is 1. The summed E-state index contributed by atoms with van der Waals surface area (Å²) in [7, 11) is 0. The van der Waals surface area contributed by atoms with Crippen molar-refractivity contribution in [2.45, 2.75) is 33.5 Å². The third-order valence-corrected chi connectivity index (χ3v) is 3.94. The lowest BCUT2D eigenvalue weighted by molar-refractivity contribution is -0.137. The minimum atomic E-state index is -4.58. The molecule has 0 bridgehead atoms. The van der Waals surface area contributed by atoms with Gasteiger partial charge < -0.3 is 5.11 Å². The lowest BCUT2D eigenvalue weighted by Crippen LogP contribution is -2.27. The Balaban J connectivity index is 2.66. The Labute approximate surface area is 154 Å².